The molecule has 0 saturated heterocycles. The van der Waals surface area contributed by atoms with E-state index in [0.717, 1.165) is 11.4 Å². The van der Waals surface area contributed by atoms with Gasteiger partial charge in [-0.2, -0.15) is 0 Å². The van der Waals surface area contributed by atoms with Crippen molar-refractivity contribution >= 4 is 17.4 Å². The van der Waals surface area contributed by atoms with Crippen molar-refractivity contribution in [3.8, 4) is 10.6 Å². The molecule has 1 aliphatic carbocycles. The van der Waals surface area contributed by atoms with Crippen LogP contribution in [-0.4, -0.2) is 4.98 Å². The van der Waals surface area contributed by atoms with Gasteiger partial charge in [-0.1, -0.05) is 24.3 Å². The Morgan fingerprint density at radius 2 is 2.29 bits per heavy atom. The van der Waals surface area contributed by atoms with E-state index in [2.05, 4.69) is 35.3 Å². The molecule has 0 spiro atoms. The SMILES string of the molecule is C1=Cc2ccc(-c3nccs3)cc2C1. The number of rotatable bonds is 1. The highest BCUT2D eigenvalue weighted by Crippen LogP contribution is 2.27. The highest BCUT2D eigenvalue weighted by atomic mass is 32.1. The molecule has 3 rings (SSSR count). The molecular weight excluding hydrogens is 190 g/mol. The summed E-state index contributed by atoms with van der Waals surface area (Å²) in [5, 5.41) is 3.13. The zero-order valence-corrected chi connectivity index (χ0v) is 8.42. The molecule has 2 aromatic rings. The van der Waals surface area contributed by atoms with Crippen molar-refractivity contribution in [2.75, 3.05) is 0 Å². The molecule has 1 aromatic carbocycles. The molecule has 0 atom stereocenters. The van der Waals surface area contributed by atoms with Crippen LogP contribution in [0, 0.1) is 0 Å². The number of thiazole rings is 1. The average molecular weight is 199 g/mol. The molecule has 1 aromatic heterocycles. The topological polar surface area (TPSA) is 12.9 Å². The van der Waals surface area contributed by atoms with Gasteiger partial charge in [-0.15, -0.1) is 11.3 Å². The van der Waals surface area contributed by atoms with Gasteiger partial charge in [0, 0.05) is 17.1 Å². The van der Waals surface area contributed by atoms with E-state index >= 15 is 0 Å². The molecule has 2 heteroatoms. The fourth-order valence-electron chi connectivity index (χ4n) is 1.76. The summed E-state index contributed by atoms with van der Waals surface area (Å²) in [5.41, 5.74) is 4.01. The lowest BCUT2D eigenvalue weighted by atomic mass is 10.1. The predicted molar refractivity (Wildman–Crippen MR) is 60.3 cm³/mol. The van der Waals surface area contributed by atoms with Crippen LogP contribution in [0.1, 0.15) is 11.1 Å². The van der Waals surface area contributed by atoms with Crippen molar-refractivity contribution in [1.29, 1.82) is 0 Å². The number of allylic oxidation sites excluding steroid dienone is 1. The van der Waals surface area contributed by atoms with Gasteiger partial charge in [0.05, 0.1) is 0 Å². The summed E-state index contributed by atoms with van der Waals surface area (Å²) in [6.45, 7) is 0. The molecule has 0 bridgehead atoms. The van der Waals surface area contributed by atoms with Gasteiger partial charge in [0.2, 0.25) is 0 Å². The van der Waals surface area contributed by atoms with E-state index in [0.29, 0.717) is 0 Å². The zero-order chi connectivity index (χ0) is 9.38. The summed E-state index contributed by atoms with van der Waals surface area (Å²) in [4.78, 5) is 4.31. The molecule has 0 N–H and O–H groups in total. The first kappa shape index (κ1) is 7.94. The van der Waals surface area contributed by atoms with Crippen LogP contribution in [0.3, 0.4) is 0 Å². The lowest BCUT2D eigenvalue weighted by Crippen LogP contribution is -1.83. The molecule has 1 heterocycles. The largest absolute Gasteiger partial charge is 0.245 e. The van der Waals surface area contributed by atoms with Crippen LogP contribution in [0.4, 0.5) is 0 Å². The molecule has 68 valence electrons. The fourth-order valence-corrected chi connectivity index (χ4v) is 2.39. The zero-order valence-electron chi connectivity index (χ0n) is 7.60. The summed E-state index contributed by atoms with van der Waals surface area (Å²) in [6.07, 6.45) is 7.30. The van der Waals surface area contributed by atoms with Gasteiger partial charge >= 0.3 is 0 Å². The van der Waals surface area contributed by atoms with Gasteiger partial charge in [0.1, 0.15) is 5.01 Å². The third-order valence-corrected chi connectivity index (χ3v) is 3.28. The molecular formula is C12H9NS. The number of nitrogens with zero attached hydrogens (tertiary/aromatic N) is 1. The van der Waals surface area contributed by atoms with Gasteiger partial charge in [0.25, 0.3) is 0 Å². The van der Waals surface area contributed by atoms with Gasteiger partial charge in [-0.05, 0) is 23.6 Å². The molecule has 1 aliphatic rings. The Morgan fingerprint density at radius 1 is 1.29 bits per heavy atom. The first-order valence-corrected chi connectivity index (χ1v) is 5.51. The molecule has 0 unspecified atom stereocenters. The number of fused-ring (bicyclic) bond motifs is 1. The highest BCUT2D eigenvalue weighted by Gasteiger charge is 2.07. The Morgan fingerprint density at radius 3 is 3.14 bits per heavy atom. The maximum Gasteiger partial charge on any atom is 0.123 e. The minimum absolute atomic E-state index is 1.06. The van der Waals surface area contributed by atoms with Crippen molar-refractivity contribution in [3.05, 3.63) is 47.0 Å². The minimum Gasteiger partial charge on any atom is -0.245 e. The van der Waals surface area contributed by atoms with Crippen molar-refractivity contribution in [1.82, 2.24) is 4.98 Å². The van der Waals surface area contributed by atoms with Gasteiger partial charge in [0.15, 0.2) is 0 Å². The van der Waals surface area contributed by atoms with E-state index in [1.807, 2.05) is 11.6 Å². The molecule has 0 radical (unpaired) electrons. The van der Waals surface area contributed by atoms with Gasteiger partial charge < -0.3 is 0 Å². The average Bonchev–Trinajstić information content (AvgIpc) is 2.88. The summed E-state index contributed by atoms with van der Waals surface area (Å²) in [7, 11) is 0. The van der Waals surface area contributed by atoms with Crippen LogP contribution in [0.2, 0.25) is 0 Å². The monoisotopic (exact) mass is 199 g/mol. The summed E-state index contributed by atoms with van der Waals surface area (Å²) in [6, 6.07) is 6.57. The number of aromatic nitrogens is 1. The third kappa shape index (κ3) is 1.19. The molecule has 0 amide bonds. The van der Waals surface area contributed by atoms with E-state index in [-0.39, 0.29) is 0 Å². The Labute approximate surface area is 86.7 Å². The molecule has 0 aliphatic heterocycles. The van der Waals surface area contributed by atoms with E-state index in [1.165, 1.54) is 16.7 Å². The first-order valence-electron chi connectivity index (χ1n) is 4.63. The lowest BCUT2D eigenvalue weighted by Gasteiger charge is -2.01. The number of hydrogen-bond donors (Lipinski definition) is 0. The third-order valence-electron chi connectivity index (χ3n) is 2.46. The van der Waals surface area contributed by atoms with Crippen LogP contribution < -0.4 is 0 Å². The van der Waals surface area contributed by atoms with Crippen molar-refractivity contribution < 1.29 is 0 Å². The van der Waals surface area contributed by atoms with Crippen LogP contribution >= 0.6 is 11.3 Å². The fraction of sp³-hybridized carbons (Fsp3) is 0.0833. The van der Waals surface area contributed by atoms with E-state index in [4.69, 9.17) is 0 Å². The molecule has 0 fully saturated rings. The summed E-state index contributed by atoms with van der Waals surface area (Å²) in [5.74, 6) is 0. The molecule has 1 nitrogen and oxygen atoms in total. The second-order valence-electron chi connectivity index (χ2n) is 3.36. The van der Waals surface area contributed by atoms with E-state index in [9.17, 15) is 0 Å². The molecule has 14 heavy (non-hydrogen) atoms. The van der Waals surface area contributed by atoms with E-state index in [1.54, 1.807) is 11.3 Å². The Kier molecular flexibility index (Phi) is 1.74. The van der Waals surface area contributed by atoms with Crippen LogP contribution in [-0.2, 0) is 6.42 Å². The summed E-state index contributed by atoms with van der Waals surface area (Å²) < 4.78 is 0. The van der Waals surface area contributed by atoms with Crippen molar-refractivity contribution in [2.24, 2.45) is 0 Å². The Hall–Kier alpha value is -1.41. The van der Waals surface area contributed by atoms with E-state index < -0.39 is 0 Å². The number of hydrogen-bond acceptors (Lipinski definition) is 2. The smallest absolute Gasteiger partial charge is 0.123 e. The van der Waals surface area contributed by atoms with Crippen LogP contribution in [0.15, 0.2) is 35.9 Å². The van der Waals surface area contributed by atoms with Crippen LogP contribution in [0.25, 0.3) is 16.6 Å². The standard InChI is InChI=1S/C12H9NS/c1-2-9-4-5-11(8-10(9)3-1)12-13-6-7-14-12/h1-2,4-8H,3H2. The number of benzene rings is 1. The normalized spacial score (nSPS) is 13.1. The van der Waals surface area contributed by atoms with Gasteiger partial charge in [-0.3, -0.25) is 0 Å². The summed E-state index contributed by atoms with van der Waals surface area (Å²) >= 11 is 1.69. The quantitative estimate of drug-likeness (QED) is 0.686. The Balaban J connectivity index is 2.11. The first-order chi connectivity index (χ1) is 6.93. The van der Waals surface area contributed by atoms with Crippen molar-refractivity contribution in [3.63, 3.8) is 0 Å². The van der Waals surface area contributed by atoms with Crippen LogP contribution in [0.5, 0.6) is 0 Å². The lowest BCUT2D eigenvalue weighted by molar-refractivity contribution is 1.30. The van der Waals surface area contributed by atoms with Crippen molar-refractivity contribution in [2.45, 2.75) is 6.42 Å². The molecule has 0 saturated carbocycles. The Bertz CT molecular complexity index is 483. The van der Waals surface area contributed by atoms with Gasteiger partial charge in [-0.25, -0.2) is 4.98 Å². The predicted octanol–water partition coefficient (Wildman–Crippen LogP) is 3.38. The second-order valence-corrected chi connectivity index (χ2v) is 4.25. The second kappa shape index (κ2) is 3.07. The minimum atomic E-state index is 1.06. The highest BCUT2D eigenvalue weighted by molar-refractivity contribution is 7.13. The maximum atomic E-state index is 4.31. The maximum absolute atomic E-state index is 4.31.